The molecule has 0 aromatic heterocycles. The van der Waals surface area contributed by atoms with Gasteiger partial charge in [-0.3, -0.25) is 14.4 Å². The van der Waals surface area contributed by atoms with Crippen molar-refractivity contribution in [1.82, 2.24) is 10.6 Å². The molecule has 0 aliphatic heterocycles. The molecule has 3 amide bonds. The number of carboxylic acids is 1. The van der Waals surface area contributed by atoms with E-state index in [1.165, 1.54) is 0 Å². The van der Waals surface area contributed by atoms with Crippen LogP contribution in [0.15, 0.2) is 30.3 Å². The maximum absolute atomic E-state index is 12.3. The van der Waals surface area contributed by atoms with Gasteiger partial charge in [0.15, 0.2) is 0 Å². The highest BCUT2D eigenvalue weighted by Gasteiger charge is 2.29. The van der Waals surface area contributed by atoms with Crippen LogP contribution >= 0.6 is 0 Å². The fourth-order valence-electron chi connectivity index (χ4n) is 2.09. The van der Waals surface area contributed by atoms with Gasteiger partial charge in [0.25, 0.3) is 0 Å². The first-order valence-electron chi connectivity index (χ1n) is 7.99. The Labute approximate surface area is 150 Å². The molecule has 0 saturated carbocycles. The number of hydrogen-bond acceptors (Lipinski definition) is 5. The largest absolute Gasteiger partial charge is 0.481 e. The first-order chi connectivity index (χ1) is 12.2. The summed E-state index contributed by atoms with van der Waals surface area (Å²) in [5.74, 6) is -3.32. The summed E-state index contributed by atoms with van der Waals surface area (Å²) in [6, 6.07) is 6.60. The van der Waals surface area contributed by atoms with Crippen molar-refractivity contribution in [3.63, 3.8) is 0 Å². The highest BCUT2D eigenvalue weighted by molar-refractivity contribution is 5.92. The Kier molecular flexibility index (Phi) is 8.07. The van der Waals surface area contributed by atoms with E-state index in [0.29, 0.717) is 0 Å². The Morgan fingerprint density at radius 3 is 2.23 bits per heavy atom. The lowest BCUT2D eigenvalue weighted by Gasteiger charge is -2.23. The topological polar surface area (TPSA) is 148 Å². The van der Waals surface area contributed by atoms with Gasteiger partial charge < -0.3 is 26.2 Å². The van der Waals surface area contributed by atoms with Crippen LogP contribution in [-0.4, -0.2) is 41.1 Å². The fraction of sp³-hybridized carbons (Fsp3) is 0.412. The van der Waals surface area contributed by atoms with E-state index in [9.17, 15) is 19.2 Å². The van der Waals surface area contributed by atoms with E-state index in [4.69, 9.17) is 15.6 Å². The molecule has 0 aliphatic rings. The van der Waals surface area contributed by atoms with Gasteiger partial charge in [0, 0.05) is 0 Å². The minimum atomic E-state index is -1.37. The van der Waals surface area contributed by atoms with E-state index in [1.807, 2.05) is 6.07 Å². The number of aliphatic carboxylic acids is 1. The van der Waals surface area contributed by atoms with Crippen LogP contribution in [0.1, 0.15) is 25.8 Å². The molecule has 5 N–H and O–H groups in total. The standard InChI is InChI=1S/C17H23N3O6/c1-10(2)14(16(24)19-12(15(18)23)8-13(21)22)20-17(25)26-9-11-6-4-3-5-7-11/h3-7,10,12,14H,8-9H2,1-2H3,(H2,18,23)(H,19,24)(H,20,25)(H,21,22)/t12-,14+/m1/s1. The summed E-state index contributed by atoms with van der Waals surface area (Å²) in [6.45, 7) is 3.39. The zero-order chi connectivity index (χ0) is 19.7. The third-order valence-corrected chi connectivity index (χ3v) is 3.47. The van der Waals surface area contributed by atoms with Gasteiger partial charge in [0.05, 0.1) is 6.42 Å². The number of benzene rings is 1. The summed E-state index contributed by atoms with van der Waals surface area (Å²) in [6.07, 6.45) is -1.46. The minimum absolute atomic E-state index is 0.0298. The molecule has 0 radical (unpaired) electrons. The molecule has 0 aliphatic carbocycles. The van der Waals surface area contributed by atoms with Crippen molar-refractivity contribution >= 4 is 23.9 Å². The van der Waals surface area contributed by atoms with Crippen molar-refractivity contribution in [3.05, 3.63) is 35.9 Å². The highest BCUT2D eigenvalue weighted by atomic mass is 16.5. The summed E-state index contributed by atoms with van der Waals surface area (Å²) < 4.78 is 5.06. The quantitative estimate of drug-likeness (QED) is 0.497. The number of rotatable bonds is 9. The van der Waals surface area contributed by atoms with Gasteiger partial charge in [0.1, 0.15) is 18.7 Å². The van der Waals surface area contributed by atoms with Crippen molar-refractivity contribution in [2.24, 2.45) is 11.7 Å². The summed E-state index contributed by atoms with van der Waals surface area (Å²) in [7, 11) is 0. The van der Waals surface area contributed by atoms with Gasteiger partial charge in [-0.05, 0) is 11.5 Å². The number of alkyl carbamates (subject to hydrolysis) is 1. The van der Waals surface area contributed by atoms with Crippen LogP contribution in [0.3, 0.4) is 0 Å². The van der Waals surface area contributed by atoms with Gasteiger partial charge in [-0.2, -0.15) is 0 Å². The third-order valence-electron chi connectivity index (χ3n) is 3.47. The van der Waals surface area contributed by atoms with Crippen molar-refractivity contribution in [2.45, 2.75) is 39.0 Å². The Balaban J connectivity index is 2.65. The molecule has 142 valence electrons. The number of ether oxygens (including phenoxy) is 1. The first kappa shape index (κ1) is 20.9. The molecule has 2 atom stereocenters. The number of hydrogen-bond donors (Lipinski definition) is 4. The van der Waals surface area contributed by atoms with Crippen LogP contribution in [0, 0.1) is 5.92 Å². The van der Waals surface area contributed by atoms with E-state index < -0.39 is 42.4 Å². The SMILES string of the molecule is CC(C)[C@H](NC(=O)OCc1ccccc1)C(=O)N[C@H](CC(=O)O)C(N)=O. The summed E-state index contributed by atoms with van der Waals surface area (Å²) in [4.78, 5) is 46.3. The van der Waals surface area contributed by atoms with Gasteiger partial charge >= 0.3 is 12.1 Å². The summed E-state index contributed by atoms with van der Waals surface area (Å²) >= 11 is 0. The molecular weight excluding hydrogens is 342 g/mol. The van der Waals surface area contributed by atoms with Gasteiger partial charge in [-0.15, -0.1) is 0 Å². The second kappa shape index (κ2) is 10.0. The van der Waals surface area contributed by atoms with Crippen LogP contribution < -0.4 is 16.4 Å². The molecular formula is C17H23N3O6. The van der Waals surface area contributed by atoms with Crippen LogP contribution in [-0.2, 0) is 25.7 Å². The molecule has 0 spiro atoms. The van der Waals surface area contributed by atoms with Crippen LogP contribution in [0.2, 0.25) is 0 Å². The average molecular weight is 365 g/mol. The molecule has 0 fully saturated rings. The van der Waals surface area contributed by atoms with Crippen LogP contribution in [0.25, 0.3) is 0 Å². The molecule has 0 bridgehead atoms. The van der Waals surface area contributed by atoms with Gasteiger partial charge in [0.2, 0.25) is 11.8 Å². The predicted molar refractivity (Wildman–Crippen MR) is 91.8 cm³/mol. The molecule has 9 nitrogen and oxygen atoms in total. The molecule has 1 rings (SSSR count). The van der Waals surface area contributed by atoms with Gasteiger partial charge in [-0.1, -0.05) is 44.2 Å². The fourth-order valence-corrected chi connectivity index (χ4v) is 2.09. The Bertz CT molecular complexity index is 647. The number of carboxylic acid groups (broad SMARTS) is 1. The number of amides is 3. The maximum atomic E-state index is 12.3. The van der Waals surface area contributed by atoms with E-state index in [2.05, 4.69) is 10.6 Å². The Hall–Kier alpha value is -3.10. The molecule has 0 heterocycles. The van der Waals surface area contributed by atoms with Crippen molar-refractivity contribution in [2.75, 3.05) is 0 Å². The molecule has 0 saturated heterocycles. The van der Waals surface area contributed by atoms with E-state index in [0.717, 1.165) is 5.56 Å². The molecule has 1 aromatic carbocycles. The van der Waals surface area contributed by atoms with Crippen molar-refractivity contribution in [1.29, 1.82) is 0 Å². The summed E-state index contributed by atoms with van der Waals surface area (Å²) in [5.41, 5.74) is 5.87. The lowest BCUT2D eigenvalue weighted by molar-refractivity contribution is -0.140. The van der Waals surface area contributed by atoms with Crippen LogP contribution in [0.5, 0.6) is 0 Å². The molecule has 26 heavy (non-hydrogen) atoms. The minimum Gasteiger partial charge on any atom is -0.481 e. The zero-order valence-electron chi connectivity index (χ0n) is 14.6. The number of primary amides is 1. The zero-order valence-corrected chi connectivity index (χ0v) is 14.6. The lowest BCUT2D eigenvalue weighted by atomic mass is 10.0. The third kappa shape index (κ3) is 7.20. The lowest BCUT2D eigenvalue weighted by Crippen LogP contribution is -2.55. The van der Waals surface area contributed by atoms with Crippen molar-refractivity contribution < 1.29 is 29.0 Å². The molecule has 9 heteroatoms. The van der Waals surface area contributed by atoms with E-state index in [-0.39, 0.29) is 12.5 Å². The normalized spacial score (nSPS) is 12.7. The van der Waals surface area contributed by atoms with E-state index in [1.54, 1.807) is 38.1 Å². The highest BCUT2D eigenvalue weighted by Crippen LogP contribution is 2.06. The first-order valence-corrected chi connectivity index (χ1v) is 7.99. The maximum Gasteiger partial charge on any atom is 0.408 e. The Morgan fingerprint density at radius 1 is 1.12 bits per heavy atom. The number of nitrogens with two attached hydrogens (primary N) is 1. The second-order valence-corrected chi connectivity index (χ2v) is 5.99. The summed E-state index contributed by atoms with van der Waals surface area (Å²) in [5, 5.41) is 13.4. The van der Waals surface area contributed by atoms with Gasteiger partial charge in [-0.25, -0.2) is 4.79 Å². The Morgan fingerprint density at radius 2 is 1.73 bits per heavy atom. The van der Waals surface area contributed by atoms with Crippen LogP contribution in [0.4, 0.5) is 4.79 Å². The number of carbonyl (C=O) groups is 4. The molecule has 1 aromatic rings. The van der Waals surface area contributed by atoms with E-state index >= 15 is 0 Å². The van der Waals surface area contributed by atoms with Crippen molar-refractivity contribution in [3.8, 4) is 0 Å². The monoisotopic (exact) mass is 365 g/mol. The molecule has 0 unspecified atom stereocenters. The number of nitrogens with one attached hydrogen (secondary N) is 2. The predicted octanol–water partition coefficient (Wildman–Crippen LogP) is 0.382. The second-order valence-electron chi connectivity index (χ2n) is 5.99. The smallest absolute Gasteiger partial charge is 0.408 e. The average Bonchev–Trinajstić information content (AvgIpc) is 2.57. The number of carbonyl (C=O) groups excluding carboxylic acids is 3.